The minimum Gasteiger partial charge on any atom is -0.477 e. The number of hydrogen-bond acceptors (Lipinski definition) is 6. The average molecular weight is 213 g/mol. The predicted octanol–water partition coefficient (Wildman–Crippen LogP) is -1.06. The van der Waals surface area contributed by atoms with E-state index in [0.29, 0.717) is 0 Å². The first kappa shape index (κ1) is 11.3. The molecule has 0 aliphatic heterocycles. The molecule has 0 saturated carbocycles. The fourth-order valence-corrected chi connectivity index (χ4v) is 0.858. The molecule has 7 heteroatoms. The molecule has 7 nitrogen and oxygen atoms in total. The van der Waals surface area contributed by atoms with Crippen LogP contribution in [0, 0.1) is 0 Å². The number of aromatic nitrogens is 2. The van der Waals surface area contributed by atoms with Gasteiger partial charge in [0.15, 0.2) is 5.69 Å². The highest BCUT2D eigenvalue weighted by atomic mass is 16.4. The van der Waals surface area contributed by atoms with Gasteiger partial charge in [-0.2, -0.15) is 0 Å². The van der Waals surface area contributed by atoms with E-state index < -0.39 is 12.1 Å². The van der Waals surface area contributed by atoms with Gasteiger partial charge in [-0.3, -0.25) is 0 Å². The van der Waals surface area contributed by atoms with Gasteiger partial charge in [0.25, 0.3) is 0 Å². The second kappa shape index (κ2) is 5.23. The first-order valence-corrected chi connectivity index (χ1v) is 4.21. The number of anilines is 1. The van der Waals surface area contributed by atoms with Gasteiger partial charge in [-0.15, -0.1) is 0 Å². The topological polar surface area (TPSA) is 116 Å². The van der Waals surface area contributed by atoms with Crippen molar-refractivity contribution in [2.75, 3.05) is 18.5 Å². The van der Waals surface area contributed by atoms with Crippen LogP contribution in [-0.4, -0.2) is 50.5 Å². The monoisotopic (exact) mass is 213 g/mol. The second-order valence-corrected chi connectivity index (χ2v) is 2.81. The molecule has 4 N–H and O–H groups in total. The zero-order chi connectivity index (χ0) is 11.3. The summed E-state index contributed by atoms with van der Waals surface area (Å²) in [6.07, 6.45) is 0.199. The lowest BCUT2D eigenvalue weighted by atomic mass is 10.3. The Bertz CT molecular complexity index is 344. The fourth-order valence-electron chi connectivity index (χ4n) is 0.858. The number of hydrogen-bond donors (Lipinski definition) is 4. The van der Waals surface area contributed by atoms with Crippen LogP contribution in [-0.2, 0) is 0 Å². The summed E-state index contributed by atoms with van der Waals surface area (Å²) in [7, 11) is 0. The van der Waals surface area contributed by atoms with Crippen LogP contribution >= 0.6 is 0 Å². The molecule has 1 aromatic rings. The van der Waals surface area contributed by atoms with Crippen LogP contribution < -0.4 is 5.32 Å². The quantitative estimate of drug-likeness (QED) is 0.492. The maximum Gasteiger partial charge on any atom is 0.354 e. The summed E-state index contributed by atoms with van der Waals surface area (Å²) in [5.41, 5.74) is -0.133. The molecule has 0 aromatic carbocycles. The molecule has 15 heavy (non-hydrogen) atoms. The average Bonchev–Trinajstić information content (AvgIpc) is 2.26. The number of aromatic carboxylic acids is 1. The Balaban J connectivity index is 2.62. The molecule has 0 spiro atoms. The maximum absolute atomic E-state index is 10.5. The van der Waals surface area contributed by atoms with Gasteiger partial charge >= 0.3 is 5.97 Å². The summed E-state index contributed by atoms with van der Waals surface area (Å²) in [5, 5.41) is 28.9. The van der Waals surface area contributed by atoms with E-state index in [1.807, 2.05) is 0 Å². The molecule has 1 aromatic heterocycles. The Kier molecular flexibility index (Phi) is 3.95. The van der Waals surface area contributed by atoms with E-state index in [-0.39, 0.29) is 24.7 Å². The standard InChI is InChI=1S/C8H11N3O4/c12-3-5(13)2-9-7-1-6(8(14)15)10-4-11-7/h1,4-5,12-13H,2-3H2,(H,14,15)(H,9,10,11). The van der Waals surface area contributed by atoms with Gasteiger partial charge in [-0.05, 0) is 0 Å². The Labute approximate surface area is 85.4 Å². The Morgan fingerprint density at radius 1 is 1.53 bits per heavy atom. The maximum atomic E-state index is 10.5. The number of nitrogens with zero attached hydrogens (tertiary/aromatic N) is 2. The largest absolute Gasteiger partial charge is 0.477 e. The van der Waals surface area contributed by atoms with Gasteiger partial charge in [-0.1, -0.05) is 0 Å². The van der Waals surface area contributed by atoms with Crippen LogP contribution in [0.25, 0.3) is 0 Å². The van der Waals surface area contributed by atoms with E-state index >= 15 is 0 Å². The van der Waals surface area contributed by atoms with Crippen molar-refractivity contribution in [3.63, 3.8) is 0 Å². The second-order valence-electron chi connectivity index (χ2n) is 2.81. The SMILES string of the molecule is O=C(O)c1cc(NCC(O)CO)ncn1. The lowest BCUT2D eigenvalue weighted by Gasteiger charge is -2.09. The van der Waals surface area contributed by atoms with Gasteiger partial charge in [0, 0.05) is 12.6 Å². The Morgan fingerprint density at radius 3 is 2.87 bits per heavy atom. The number of carboxylic acids is 1. The zero-order valence-electron chi connectivity index (χ0n) is 7.79. The van der Waals surface area contributed by atoms with Crippen molar-refractivity contribution in [3.05, 3.63) is 18.1 Å². The van der Waals surface area contributed by atoms with Crippen molar-refractivity contribution in [2.45, 2.75) is 6.10 Å². The molecule has 0 bridgehead atoms. The van der Waals surface area contributed by atoms with Crippen LogP contribution in [0.1, 0.15) is 10.5 Å². The highest BCUT2D eigenvalue weighted by molar-refractivity contribution is 5.85. The number of carbonyl (C=O) groups is 1. The molecule has 0 aliphatic carbocycles. The van der Waals surface area contributed by atoms with Crippen LogP contribution in [0.15, 0.2) is 12.4 Å². The zero-order valence-corrected chi connectivity index (χ0v) is 7.79. The smallest absolute Gasteiger partial charge is 0.354 e. The molecule has 0 radical (unpaired) electrons. The van der Waals surface area contributed by atoms with Crippen molar-refractivity contribution >= 4 is 11.8 Å². The first-order chi connectivity index (χ1) is 7.13. The Hall–Kier alpha value is -1.73. The highest BCUT2D eigenvalue weighted by Gasteiger charge is 2.07. The van der Waals surface area contributed by atoms with Crippen LogP contribution in [0.4, 0.5) is 5.82 Å². The van der Waals surface area contributed by atoms with E-state index in [4.69, 9.17) is 15.3 Å². The number of aliphatic hydroxyl groups is 2. The van der Waals surface area contributed by atoms with E-state index in [1.54, 1.807) is 0 Å². The predicted molar refractivity (Wildman–Crippen MR) is 50.6 cm³/mol. The molecule has 1 heterocycles. The summed E-state index contributed by atoms with van der Waals surface area (Å²) in [6.45, 7) is -0.281. The van der Waals surface area contributed by atoms with Gasteiger partial charge in [0.1, 0.15) is 12.1 Å². The summed E-state index contributed by atoms with van der Waals surface area (Å²) in [6, 6.07) is 1.24. The number of aliphatic hydroxyl groups excluding tert-OH is 2. The number of carboxylic acid groups (broad SMARTS) is 1. The first-order valence-electron chi connectivity index (χ1n) is 4.21. The third kappa shape index (κ3) is 3.49. The van der Waals surface area contributed by atoms with Crippen molar-refractivity contribution < 1.29 is 20.1 Å². The molecule has 0 fully saturated rings. The van der Waals surface area contributed by atoms with Crippen LogP contribution in [0.5, 0.6) is 0 Å². The summed E-state index contributed by atoms with van der Waals surface area (Å²) < 4.78 is 0. The van der Waals surface area contributed by atoms with Crippen molar-refractivity contribution in [3.8, 4) is 0 Å². The van der Waals surface area contributed by atoms with Crippen molar-refractivity contribution in [1.82, 2.24) is 9.97 Å². The lowest BCUT2D eigenvalue weighted by molar-refractivity contribution is 0.0690. The fraction of sp³-hybridized carbons (Fsp3) is 0.375. The summed E-state index contributed by atoms with van der Waals surface area (Å²) in [4.78, 5) is 17.8. The van der Waals surface area contributed by atoms with Crippen LogP contribution in [0.2, 0.25) is 0 Å². The van der Waals surface area contributed by atoms with Crippen molar-refractivity contribution in [2.24, 2.45) is 0 Å². The third-order valence-corrected chi connectivity index (χ3v) is 1.62. The molecule has 1 unspecified atom stereocenters. The Morgan fingerprint density at radius 2 is 2.27 bits per heavy atom. The molecule has 0 amide bonds. The highest BCUT2D eigenvalue weighted by Crippen LogP contribution is 2.03. The van der Waals surface area contributed by atoms with E-state index in [9.17, 15) is 4.79 Å². The minimum atomic E-state index is -1.15. The number of rotatable bonds is 5. The van der Waals surface area contributed by atoms with E-state index in [0.717, 1.165) is 6.33 Å². The molecule has 0 saturated heterocycles. The summed E-state index contributed by atoms with van der Waals surface area (Å²) in [5.74, 6) is -0.863. The summed E-state index contributed by atoms with van der Waals surface area (Å²) >= 11 is 0. The van der Waals surface area contributed by atoms with Gasteiger partial charge in [0.05, 0.1) is 12.7 Å². The molecular weight excluding hydrogens is 202 g/mol. The van der Waals surface area contributed by atoms with Gasteiger partial charge in [-0.25, -0.2) is 14.8 Å². The van der Waals surface area contributed by atoms with E-state index in [2.05, 4.69) is 15.3 Å². The van der Waals surface area contributed by atoms with E-state index in [1.165, 1.54) is 6.07 Å². The minimum absolute atomic E-state index is 0.0899. The van der Waals surface area contributed by atoms with Crippen LogP contribution in [0.3, 0.4) is 0 Å². The molecular formula is C8H11N3O4. The molecule has 0 aliphatic rings. The third-order valence-electron chi connectivity index (χ3n) is 1.62. The normalized spacial score (nSPS) is 12.1. The molecule has 82 valence electrons. The lowest BCUT2D eigenvalue weighted by Crippen LogP contribution is -2.23. The molecule has 1 atom stereocenters. The molecule has 1 rings (SSSR count). The van der Waals surface area contributed by atoms with Crippen molar-refractivity contribution in [1.29, 1.82) is 0 Å². The van der Waals surface area contributed by atoms with Gasteiger partial charge < -0.3 is 20.6 Å². The van der Waals surface area contributed by atoms with Gasteiger partial charge in [0.2, 0.25) is 0 Å². The number of nitrogens with one attached hydrogen (secondary N) is 1.